The Hall–Kier alpha value is -2.24. The van der Waals surface area contributed by atoms with Gasteiger partial charge in [-0.1, -0.05) is 40.2 Å². The molecule has 5 nitrogen and oxygen atoms in total. The van der Waals surface area contributed by atoms with Crippen LogP contribution in [0.3, 0.4) is 0 Å². The van der Waals surface area contributed by atoms with Gasteiger partial charge in [0.1, 0.15) is 5.52 Å². The van der Waals surface area contributed by atoms with Crippen LogP contribution in [0.2, 0.25) is 10.0 Å². The highest BCUT2D eigenvalue weighted by Gasteiger charge is 2.23. The lowest BCUT2D eigenvalue weighted by molar-refractivity contribution is -0.447. The number of fused-ring (bicyclic) bond motifs is 1. The van der Waals surface area contributed by atoms with E-state index in [1.165, 1.54) is 6.07 Å². The van der Waals surface area contributed by atoms with E-state index in [4.69, 9.17) is 28.9 Å². The van der Waals surface area contributed by atoms with Crippen molar-refractivity contribution in [1.82, 2.24) is 4.73 Å². The van der Waals surface area contributed by atoms with Crippen molar-refractivity contribution >= 4 is 40.1 Å². The number of hydrogen-bond donors (Lipinski definition) is 2. The molecule has 106 valence electrons. The van der Waals surface area contributed by atoms with Crippen LogP contribution in [0.25, 0.3) is 22.3 Å². The zero-order valence-corrected chi connectivity index (χ0v) is 12.1. The number of benzene rings is 2. The monoisotopic (exact) mass is 322 g/mol. The number of anilines is 1. The molecule has 2 aromatic carbocycles. The van der Waals surface area contributed by atoms with Gasteiger partial charge in [0.2, 0.25) is 5.52 Å². The summed E-state index contributed by atoms with van der Waals surface area (Å²) in [5.41, 5.74) is 6.97. The summed E-state index contributed by atoms with van der Waals surface area (Å²) in [5, 5.41) is 11.1. The zero-order valence-electron chi connectivity index (χ0n) is 10.6. The van der Waals surface area contributed by atoms with Crippen LogP contribution in [-0.2, 0) is 0 Å². The molecule has 0 unspecified atom stereocenters. The molecule has 3 N–H and O–H groups in total. The molecule has 0 fully saturated rings. The Morgan fingerprint density at radius 2 is 1.86 bits per heavy atom. The Labute approximate surface area is 129 Å². The highest BCUT2D eigenvalue weighted by molar-refractivity contribution is 6.36. The van der Waals surface area contributed by atoms with Crippen LogP contribution >= 0.6 is 23.2 Å². The number of nitrogens with two attached hydrogens (primary N) is 1. The second-order valence-electron chi connectivity index (χ2n) is 4.45. The molecule has 0 bridgehead atoms. The summed E-state index contributed by atoms with van der Waals surface area (Å²) in [7, 11) is 0. The normalized spacial score (nSPS) is 11.0. The predicted octanol–water partition coefficient (Wildman–Crippen LogP) is 3.35. The lowest BCUT2D eigenvalue weighted by Crippen LogP contribution is -2.25. The first kappa shape index (κ1) is 13.7. The molecular weight excluding hydrogens is 313 g/mol. The molecule has 0 atom stereocenters. The van der Waals surface area contributed by atoms with Crippen LogP contribution in [0.15, 0.2) is 42.5 Å². The van der Waals surface area contributed by atoms with Crippen LogP contribution < -0.4 is 10.2 Å². The number of hydrogen-bond acceptors (Lipinski definition) is 3. The van der Waals surface area contributed by atoms with Crippen LogP contribution in [0, 0.1) is 4.91 Å². The van der Waals surface area contributed by atoms with E-state index < -0.39 is 0 Å². The fourth-order valence-electron chi connectivity index (χ4n) is 2.20. The SMILES string of the molecule is Nc1c(-c2ccc(Cl)cc2Cl)n(O)c2ccccc2[n+]1=O. The zero-order chi connectivity index (χ0) is 15.1. The average molecular weight is 323 g/mol. The maximum atomic E-state index is 12.3. The summed E-state index contributed by atoms with van der Waals surface area (Å²) in [5.74, 6) is -0.152. The Balaban J connectivity index is 2.46. The van der Waals surface area contributed by atoms with Gasteiger partial charge in [-0.15, -0.1) is 0 Å². The van der Waals surface area contributed by atoms with Gasteiger partial charge in [-0.25, -0.2) is 0 Å². The van der Waals surface area contributed by atoms with E-state index in [-0.39, 0.29) is 22.1 Å². The lowest BCUT2D eigenvalue weighted by Gasteiger charge is -2.10. The molecule has 0 spiro atoms. The first-order valence-electron chi connectivity index (χ1n) is 6.01. The molecule has 0 aliphatic heterocycles. The first-order chi connectivity index (χ1) is 10.0. The van der Waals surface area contributed by atoms with Gasteiger partial charge in [-0.2, -0.15) is 4.73 Å². The molecule has 1 aromatic heterocycles. The average Bonchev–Trinajstić information content (AvgIpc) is 2.47. The molecule has 0 saturated heterocycles. The van der Waals surface area contributed by atoms with Crippen molar-refractivity contribution in [2.75, 3.05) is 5.73 Å². The highest BCUT2D eigenvalue weighted by atomic mass is 35.5. The third-order valence-electron chi connectivity index (χ3n) is 3.19. The first-order valence-corrected chi connectivity index (χ1v) is 6.76. The second kappa shape index (κ2) is 4.95. The second-order valence-corrected chi connectivity index (χ2v) is 5.30. The number of aromatic nitrogens is 2. The molecule has 0 aliphatic carbocycles. The smallest absolute Gasteiger partial charge is 0.345 e. The standard InChI is InChI=1S/C14H10Cl2N3O2/c15-8-5-6-9(10(16)7-8)13-14(17)19(21)12-4-2-1-3-11(12)18(13)20/h1-7,20H,17H2/q+1. The van der Waals surface area contributed by atoms with Gasteiger partial charge in [0.25, 0.3) is 0 Å². The minimum absolute atomic E-state index is 0.116. The topological polar surface area (TPSA) is 74.2 Å². The molecule has 21 heavy (non-hydrogen) atoms. The number of rotatable bonds is 1. The van der Waals surface area contributed by atoms with Crippen LogP contribution in [-0.4, -0.2) is 9.94 Å². The van der Waals surface area contributed by atoms with Crippen molar-refractivity contribution in [3.8, 4) is 11.3 Å². The van der Waals surface area contributed by atoms with Gasteiger partial charge in [0.05, 0.1) is 5.02 Å². The summed E-state index contributed by atoms with van der Waals surface area (Å²) in [4.78, 5) is 12.3. The Morgan fingerprint density at radius 3 is 2.57 bits per heavy atom. The van der Waals surface area contributed by atoms with Gasteiger partial charge in [-0.05, 0) is 30.3 Å². The quantitative estimate of drug-likeness (QED) is 0.533. The fourth-order valence-corrected chi connectivity index (χ4v) is 2.70. The summed E-state index contributed by atoms with van der Waals surface area (Å²) in [6.45, 7) is 0. The number of nitrogens with zero attached hydrogens (tertiary/aromatic N) is 2. The number of halogens is 2. The van der Waals surface area contributed by atoms with Crippen molar-refractivity contribution in [1.29, 1.82) is 0 Å². The van der Waals surface area contributed by atoms with Gasteiger partial charge in [0.15, 0.2) is 5.69 Å². The minimum atomic E-state index is -0.152. The van der Waals surface area contributed by atoms with E-state index in [1.54, 1.807) is 36.4 Å². The van der Waals surface area contributed by atoms with E-state index in [0.29, 0.717) is 20.5 Å². The van der Waals surface area contributed by atoms with E-state index in [2.05, 4.69) is 0 Å². The molecular formula is C14H10Cl2N3O2+. The number of nitrogen functional groups attached to an aromatic ring is 1. The van der Waals surface area contributed by atoms with Crippen molar-refractivity contribution in [3.63, 3.8) is 0 Å². The van der Waals surface area contributed by atoms with E-state index in [1.807, 2.05) is 0 Å². The molecule has 1 heterocycles. The van der Waals surface area contributed by atoms with Crippen LogP contribution in [0.1, 0.15) is 0 Å². The van der Waals surface area contributed by atoms with Crippen LogP contribution in [0.4, 0.5) is 5.82 Å². The van der Waals surface area contributed by atoms with E-state index in [0.717, 1.165) is 4.73 Å². The van der Waals surface area contributed by atoms with E-state index in [9.17, 15) is 10.1 Å². The third-order valence-corrected chi connectivity index (χ3v) is 3.74. The van der Waals surface area contributed by atoms with E-state index >= 15 is 0 Å². The van der Waals surface area contributed by atoms with Crippen molar-refractivity contribution in [2.24, 2.45) is 0 Å². The Bertz CT molecular complexity index is 922. The third kappa shape index (κ3) is 2.11. The molecule has 3 aromatic rings. The van der Waals surface area contributed by atoms with Gasteiger partial charge in [-0.3, -0.25) is 5.73 Å². The Kier molecular flexibility index (Phi) is 3.23. The largest absolute Gasteiger partial charge is 0.427 e. The lowest BCUT2D eigenvalue weighted by atomic mass is 10.1. The highest BCUT2D eigenvalue weighted by Crippen LogP contribution is 2.33. The molecule has 7 heteroatoms. The molecule has 3 rings (SSSR count). The molecule has 0 radical (unpaired) electrons. The predicted molar refractivity (Wildman–Crippen MR) is 82.4 cm³/mol. The maximum Gasteiger partial charge on any atom is 0.345 e. The summed E-state index contributed by atoms with van der Waals surface area (Å²) < 4.78 is 1.41. The maximum absolute atomic E-state index is 12.3. The van der Waals surface area contributed by atoms with Crippen molar-refractivity contribution in [2.45, 2.75) is 0 Å². The van der Waals surface area contributed by atoms with Gasteiger partial charge >= 0.3 is 5.82 Å². The summed E-state index contributed by atoms with van der Waals surface area (Å²) in [6, 6.07) is 11.3. The summed E-state index contributed by atoms with van der Waals surface area (Å²) >= 11 is 12.0. The van der Waals surface area contributed by atoms with Crippen molar-refractivity contribution in [3.05, 3.63) is 57.4 Å². The van der Waals surface area contributed by atoms with Crippen LogP contribution in [0.5, 0.6) is 0 Å². The van der Waals surface area contributed by atoms with Gasteiger partial charge < -0.3 is 5.21 Å². The molecule has 0 saturated carbocycles. The Morgan fingerprint density at radius 1 is 1.14 bits per heavy atom. The summed E-state index contributed by atoms with van der Waals surface area (Å²) in [6.07, 6.45) is 0. The molecule has 0 aliphatic rings. The molecule has 0 amide bonds. The van der Waals surface area contributed by atoms with Gasteiger partial charge in [0, 0.05) is 15.0 Å². The fraction of sp³-hybridized carbons (Fsp3) is 0. The minimum Gasteiger partial charge on any atom is -0.427 e. The number of para-hydroxylation sites is 2. The van der Waals surface area contributed by atoms with Crippen molar-refractivity contribution < 1.29 is 9.63 Å².